The molecule has 0 aromatic heterocycles. The number of carbonyl (C=O) groups is 1. The standard InChI is InChI=1S/C21H22O2/c1-23-20(22)21(12-15-6-3-2-4-7-15)13-18-10-16-8-5-9-17(16)11-19(18)14-21/h2-4,6-7,10-11H,5,8-9,12-14H2,1H3. The van der Waals surface area contributed by atoms with Crippen molar-refractivity contribution in [3.63, 3.8) is 0 Å². The summed E-state index contributed by atoms with van der Waals surface area (Å²) in [6, 6.07) is 15.0. The molecule has 2 heteroatoms. The molecule has 4 rings (SSSR count). The highest BCUT2D eigenvalue weighted by molar-refractivity contribution is 5.79. The molecule has 0 unspecified atom stereocenters. The summed E-state index contributed by atoms with van der Waals surface area (Å²) in [5, 5.41) is 0. The van der Waals surface area contributed by atoms with E-state index in [4.69, 9.17) is 4.74 Å². The Morgan fingerprint density at radius 3 is 2.17 bits per heavy atom. The molecule has 118 valence electrons. The first kappa shape index (κ1) is 14.5. The van der Waals surface area contributed by atoms with Gasteiger partial charge in [-0.1, -0.05) is 42.5 Å². The predicted molar refractivity (Wildman–Crippen MR) is 90.5 cm³/mol. The number of carbonyl (C=O) groups excluding carboxylic acids is 1. The number of esters is 1. The molecule has 2 aromatic rings. The molecule has 0 fully saturated rings. The molecular weight excluding hydrogens is 284 g/mol. The molecule has 0 bridgehead atoms. The highest BCUT2D eigenvalue weighted by Crippen LogP contribution is 2.42. The second-order valence-electron chi connectivity index (χ2n) is 7.03. The maximum atomic E-state index is 12.6. The topological polar surface area (TPSA) is 26.3 Å². The van der Waals surface area contributed by atoms with Gasteiger partial charge in [0.2, 0.25) is 0 Å². The third-order valence-corrected chi connectivity index (χ3v) is 5.48. The van der Waals surface area contributed by atoms with Crippen LogP contribution in [0.5, 0.6) is 0 Å². The fourth-order valence-corrected chi connectivity index (χ4v) is 4.39. The lowest BCUT2D eigenvalue weighted by molar-refractivity contribution is -0.152. The minimum Gasteiger partial charge on any atom is -0.469 e. The van der Waals surface area contributed by atoms with Crippen LogP contribution in [-0.2, 0) is 41.6 Å². The molecule has 2 aliphatic rings. The zero-order chi connectivity index (χ0) is 15.9. The summed E-state index contributed by atoms with van der Waals surface area (Å²) in [5.74, 6) is -0.0716. The molecule has 0 amide bonds. The van der Waals surface area contributed by atoms with Crippen LogP contribution in [-0.4, -0.2) is 13.1 Å². The second-order valence-corrected chi connectivity index (χ2v) is 7.03. The monoisotopic (exact) mass is 306 g/mol. The minimum atomic E-state index is -0.437. The van der Waals surface area contributed by atoms with E-state index in [-0.39, 0.29) is 5.97 Å². The van der Waals surface area contributed by atoms with Crippen LogP contribution in [0.25, 0.3) is 0 Å². The van der Waals surface area contributed by atoms with Gasteiger partial charge in [-0.15, -0.1) is 0 Å². The minimum absolute atomic E-state index is 0.0716. The Hall–Kier alpha value is -2.09. The predicted octanol–water partition coefficient (Wildman–Crippen LogP) is 3.68. The van der Waals surface area contributed by atoms with Crippen molar-refractivity contribution in [3.8, 4) is 0 Å². The summed E-state index contributed by atoms with van der Waals surface area (Å²) in [6.45, 7) is 0. The van der Waals surface area contributed by atoms with E-state index in [1.54, 1.807) is 0 Å². The first-order chi connectivity index (χ1) is 11.2. The number of ether oxygens (including phenoxy) is 1. The molecular formula is C21H22O2. The Morgan fingerprint density at radius 1 is 1.00 bits per heavy atom. The van der Waals surface area contributed by atoms with Gasteiger partial charge in [0, 0.05) is 0 Å². The second kappa shape index (κ2) is 5.52. The lowest BCUT2D eigenvalue weighted by Crippen LogP contribution is -2.35. The van der Waals surface area contributed by atoms with E-state index in [9.17, 15) is 4.79 Å². The molecule has 0 aliphatic heterocycles. The Bertz CT molecular complexity index is 713. The summed E-state index contributed by atoms with van der Waals surface area (Å²) in [6.07, 6.45) is 6.00. The van der Waals surface area contributed by atoms with Gasteiger partial charge in [0.1, 0.15) is 0 Å². The molecule has 0 N–H and O–H groups in total. The zero-order valence-corrected chi connectivity index (χ0v) is 13.6. The molecule has 2 aromatic carbocycles. The van der Waals surface area contributed by atoms with E-state index in [0.29, 0.717) is 0 Å². The molecule has 0 radical (unpaired) electrons. The van der Waals surface area contributed by atoms with Crippen LogP contribution in [0, 0.1) is 5.41 Å². The third-order valence-electron chi connectivity index (χ3n) is 5.48. The van der Waals surface area contributed by atoms with Gasteiger partial charge in [-0.05, 0) is 66.3 Å². The van der Waals surface area contributed by atoms with Crippen LogP contribution in [0.15, 0.2) is 42.5 Å². The maximum absolute atomic E-state index is 12.6. The van der Waals surface area contributed by atoms with Gasteiger partial charge in [0.15, 0.2) is 0 Å². The largest absolute Gasteiger partial charge is 0.469 e. The highest BCUT2D eigenvalue weighted by atomic mass is 16.5. The Labute approximate surface area is 137 Å². The van der Waals surface area contributed by atoms with Crippen molar-refractivity contribution in [3.05, 3.63) is 70.3 Å². The van der Waals surface area contributed by atoms with Crippen molar-refractivity contribution in [2.45, 2.75) is 38.5 Å². The van der Waals surface area contributed by atoms with Crippen LogP contribution in [0.2, 0.25) is 0 Å². The van der Waals surface area contributed by atoms with Crippen LogP contribution in [0.1, 0.15) is 34.2 Å². The molecule has 23 heavy (non-hydrogen) atoms. The van der Waals surface area contributed by atoms with Gasteiger partial charge in [0.05, 0.1) is 12.5 Å². The summed E-state index contributed by atoms with van der Waals surface area (Å²) >= 11 is 0. The van der Waals surface area contributed by atoms with Crippen LogP contribution in [0.4, 0.5) is 0 Å². The number of rotatable bonds is 3. The van der Waals surface area contributed by atoms with Crippen molar-refractivity contribution in [1.29, 1.82) is 0 Å². The zero-order valence-electron chi connectivity index (χ0n) is 13.6. The molecule has 2 nitrogen and oxygen atoms in total. The van der Waals surface area contributed by atoms with Gasteiger partial charge >= 0.3 is 5.97 Å². The number of fused-ring (bicyclic) bond motifs is 2. The van der Waals surface area contributed by atoms with Gasteiger partial charge in [-0.2, -0.15) is 0 Å². The summed E-state index contributed by atoms with van der Waals surface area (Å²) in [4.78, 5) is 12.6. The number of aryl methyl sites for hydroxylation is 2. The van der Waals surface area contributed by atoms with Gasteiger partial charge < -0.3 is 4.74 Å². The SMILES string of the molecule is COC(=O)C1(Cc2ccccc2)Cc2cc3c(cc2C1)CCC3. The van der Waals surface area contributed by atoms with E-state index in [2.05, 4.69) is 24.3 Å². The van der Waals surface area contributed by atoms with E-state index in [0.717, 1.165) is 19.3 Å². The third kappa shape index (κ3) is 2.46. The fourth-order valence-electron chi connectivity index (χ4n) is 4.39. The summed E-state index contributed by atoms with van der Waals surface area (Å²) in [7, 11) is 1.51. The van der Waals surface area contributed by atoms with Crippen molar-refractivity contribution in [1.82, 2.24) is 0 Å². The lowest BCUT2D eigenvalue weighted by Gasteiger charge is -2.26. The Kier molecular flexibility index (Phi) is 3.48. The van der Waals surface area contributed by atoms with Gasteiger partial charge in [0.25, 0.3) is 0 Å². The number of hydrogen-bond acceptors (Lipinski definition) is 2. The molecule has 0 atom stereocenters. The molecule has 2 aliphatic carbocycles. The van der Waals surface area contributed by atoms with Crippen molar-refractivity contribution >= 4 is 5.97 Å². The summed E-state index contributed by atoms with van der Waals surface area (Å²) < 4.78 is 5.20. The van der Waals surface area contributed by atoms with E-state index in [1.807, 2.05) is 18.2 Å². The average Bonchev–Trinajstić information content (AvgIpc) is 3.16. The molecule has 0 spiro atoms. The maximum Gasteiger partial charge on any atom is 0.312 e. The van der Waals surface area contributed by atoms with Crippen molar-refractivity contribution in [2.24, 2.45) is 5.41 Å². The van der Waals surface area contributed by atoms with Crippen molar-refractivity contribution in [2.75, 3.05) is 7.11 Å². The Morgan fingerprint density at radius 2 is 1.61 bits per heavy atom. The summed E-state index contributed by atoms with van der Waals surface area (Å²) in [5.41, 5.74) is 6.46. The van der Waals surface area contributed by atoms with Gasteiger partial charge in [-0.3, -0.25) is 4.79 Å². The number of benzene rings is 2. The van der Waals surface area contributed by atoms with Crippen LogP contribution < -0.4 is 0 Å². The average molecular weight is 306 g/mol. The van der Waals surface area contributed by atoms with E-state index in [1.165, 1.54) is 54.2 Å². The number of methoxy groups -OCH3 is 1. The molecule has 0 saturated heterocycles. The first-order valence-corrected chi connectivity index (χ1v) is 8.46. The van der Waals surface area contributed by atoms with E-state index >= 15 is 0 Å². The van der Waals surface area contributed by atoms with E-state index < -0.39 is 5.41 Å². The van der Waals surface area contributed by atoms with Crippen LogP contribution in [0.3, 0.4) is 0 Å². The quantitative estimate of drug-likeness (QED) is 0.809. The fraction of sp³-hybridized carbons (Fsp3) is 0.381. The highest BCUT2D eigenvalue weighted by Gasteiger charge is 2.45. The number of hydrogen-bond donors (Lipinski definition) is 0. The Balaban J connectivity index is 1.70. The smallest absolute Gasteiger partial charge is 0.312 e. The molecule has 0 heterocycles. The van der Waals surface area contributed by atoms with Crippen molar-refractivity contribution < 1.29 is 9.53 Å². The normalized spacial score (nSPS) is 17.6. The van der Waals surface area contributed by atoms with Gasteiger partial charge in [-0.25, -0.2) is 0 Å². The van der Waals surface area contributed by atoms with Crippen LogP contribution >= 0.6 is 0 Å². The first-order valence-electron chi connectivity index (χ1n) is 8.46. The lowest BCUT2D eigenvalue weighted by atomic mass is 9.79. The molecule has 0 saturated carbocycles.